The van der Waals surface area contributed by atoms with Crippen LogP contribution in [-0.4, -0.2) is 15.3 Å². The molecule has 0 unspecified atom stereocenters. The average Bonchev–Trinajstić information content (AvgIpc) is 3.15. The lowest BCUT2D eigenvalue weighted by molar-refractivity contribution is 0.601. The number of fused-ring (bicyclic) bond motifs is 3. The molecule has 2 aromatic carbocycles. The highest BCUT2D eigenvalue weighted by molar-refractivity contribution is 7.99. The molecular formula is C25H24N2OS2. The van der Waals surface area contributed by atoms with Gasteiger partial charge < -0.3 is 0 Å². The van der Waals surface area contributed by atoms with E-state index in [1.54, 1.807) is 23.1 Å². The fourth-order valence-corrected chi connectivity index (χ4v) is 6.70. The second-order valence-electron chi connectivity index (χ2n) is 7.87. The van der Waals surface area contributed by atoms with Gasteiger partial charge in [-0.2, -0.15) is 0 Å². The zero-order valence-corrected chi connectivity index (χ0v) is 18.6. The summed E-state index contributed by atoms with van der Waals surface area (Å²) in [5, 5.41) is 1.64. The van der Waals surface area contributed by atoms with Crippen molar-refractivity contribution in [3.05, 3.63) is 87.0 Å². The first-order chi connectivity index (χ1) is 14.7. The second kappa shape index (κ2) is 8.40. The molecule has 0 saturated heterocycles. The van der Waals surface area contributed by atoms with Crippen LogP contribution in [0.1, 0.15) is 41.7 Å². The monoisotopic (exact) mass is 432 g/mol. The lowest BCUT2D eigenvalue weighted by atomic mass is 9.88. The van der Waals surface area contributed by atoms with Gasteiger partial charge in [0.25, 0.3) is 5.56 Å². The number of para-hydroxylation sites is 1. The molecule has 2 heterocycles. The van der Waals surface area contributed by atoms with E-state index < -0.39 is 0 Å². The Balaban J connectivity index is 1.61. The predicted octanol–water partition coefficient (Wildman–Crippen LogP) is 6.22. The maximum atomic E-state index is 13.8. The van der Waals surface area contributed by atoms with Crippen molar-refractivity contribution >= 4 is 33.3 Å². The molecule has 2 aromatic heterocycles. The Kier molecular flexibility index (Phi) is 5.48. The molecule has 0 bridgehead atoms. The molecule has 5 rings (SSSR count). The minimum atomic E-state index is 0.0830. The Morgan fingerprint density at radius 2 is 1.83 bits per heavy atom. The van der Waals surface area contributed by atoms with Gasteiger partial charge >= 0.3 is 0 Å². The van der Waals surface area contributed by atoms with Crippen molar-refractivity contribution in [3.8, 4) is 5.69 Å². The van der Waals surface area contributed by atoms with Gasteiger partial charge in [0.05, 0.1) is 11.1 Å². The average molecular weight is 433 g/mol. The largest absolute Gasteiger partial charge is 0.268 e. The minimum Gasteiger partial charge on any atom is -0.268 e. The molecule has 3 nitrogen and oxygen atoms in total. The first-order valence-electron chi connectivity index (χ1n) is 10.5. The molecule has 0 amide bonds. The first kappa shape index (κ1) is 19.6. The van der Waals surface area contributed by atoms with Gasteiger partial charge in [-0.3, -0.25) is 9.36 Å². The molecule has 1 aliphatic rings. The summed E-state index contributed by atoms with van der Waals surface area (Å²) in [6, 6.07) is 20.4. The van der Waals surface area contributed by atoms with Crippen LogP contribution in [0.4, 0.5) is 0 Å². The molecule has 0 radical (unpaired) electrons. The lowest BCUT2D eigenvalue weighted by Crippen LogP contribution is -2.22. The van der Waals surface area contributed by atoms with Crippen molar-refractivity contribution in [3.63, 3.8) is 0 Å². The van der Waals surface area contributed by atoms with Gasteiger partial charge in [0.1, 0.15) is 4.83 Å². The van der Waals surface area contributed by atoms with Crippen LogP contribution in [0, 0.1) is 0 Å². The topological polar surface area (TPSA) is 34.9 Å². The number of nitrogens with zero attached hydrogens (tertiary/aromatic N) is 2. The minimum absolute atomic E-state index is 0.0830. The van der Waals surface area contributed by atoms with E-state index in [1.165, 1.54) is 22.4 Å². The van der Waals surface area contributed by atoms with Crippen LogP contribution in [-0.2, 0) is 12.8 Å². The van der Waals surface area contributed by atoms with E-state index in [2.05, 4.69) is 31.2 Å². The number of rotatable bonds is 5. The van der Waals surface area contributed by atoms with Gasteiger partial charge in [0, 0.05) is 10.6 Å². The van der Waals surface area contributed by atoms with Gasteiger partial charge in [0.15, 0.2) is 5.16 Å². The molecule has 30 heavy (non-hydrogen) atoms. The highest BCUT2D eigenvalue weighted by Gasteiger charge is 2.26. The van der Waals surface area contributed by atoms with Crippen LogP contribution in [0.5, 0.6) is 0 Å². The summed E-state index contributed by atoms with van der Waals surface area (Å²) in [6.07, 6.45) is 4.37. The number of hydrogen-bond acceptors (Lipinski definition) is 4. The van der Waals surface area contributed by atoms with E-state index >= 15 is 0 Å². The molecular weight excluding hydrogens is 408 g/mol. The van der Waals surface area contributed by atoms with Gasteiger partial charge in [-0.15, -0.1) is 11.3 Å². The number of benzene rings is 2. The fraction of sp³-hybridized carbons (Fsp3) is 0.280. The molecule has 0 saturated carbocycles. The summed E-state index contributed by atoms with van der Waals surface area (Å²) in [6.45, 7) is 2.25. The summed E-state index contributed by atoms with van der Waals surface area (Å²) in [4.78, 5) is 21.1. The van der Waals surface area contributed by atoms with E-state index in [1.807, 2.05) is 41.0 Å². The van der Waals surface area contributed by atoms with E-state index in [9.17, 15) is 4.79 Å². The Hall–Kier alpha value is -2.37. The Morgan fingerprint density at radius 3 is 2.60 bits per heavy atom. The van der Waals surface area contributed by atoms with Crippen LogP contribution in [0.15, 0.2) is 70.6 Å². The van der Waals surface area contributed by atoms with Crippen LogP contribution < -0.4 is 5.56 Å². The third-order valence-electron chi connectivity index (χ3n) is 5.82. The summed E-state index contributed by atoms with van der Waals surface area (Å²) in [5.41, 5.74) is 3.53. The summed E-state index contributed by atoms with van der Waals surface area (Å²) in [7, 11) is 0. The third-order valence-corrected chi connectivity index (χ3v) is 7.92. The van der Waals surface area contributed by atoms with Crippen LogP contribution >= 0.6 is 23.1 Å². The van der Waals surface area contributed by atoms with Gasteiger partial charge in [-0.1, -0.05) is 67.2 Å². The molecule has 1 aliphatic carbocycles. The van der Waals surface area contributed by atoms with E-state index in [-0.39, 0.29) is 5.56 Å². The van der Waals surface area contributed by atoms with Crippen molar-refractivity contribution in [2.24, 2.45) is 0 Å². The zero-order valence-electron chi connectivity index (χ0n) is 17.0. The Morgan fingerprint density at radius 1 is 1.10 bits per heavy atom. The predicted molar refractivity (Wildman–Crippen MR) is 127 cm³/mol. The molecule has 0 aliphatic heterocycles. The number of thioether (sulfide) groups is 1. The number of thiophene rings is 1. The molecule has 0 fully saturated rings. The first-order valence-corrected chi connectivity index (χ1v) is 12.3. The number of aryl methyl sites for hydroxylation is 2. The van der Waals surface area contributed by atoms with Crippen LogP contribution in [0.25, 0.3) is 15.9 Å². The van der Waals surface area contributed by atoms with Crippen molar-refractivity contribution in [2.45, 2.75) is 43.7 Å². The highest BCUT2D eigenvalue weighted by atomic mass is 32.2. The maximum absolute atomic E-state index is 13.8. The standard InChI is InChI=1S/C25H24N2OS2/c1-17-9-8-14-20-21(17)22-23(30-20)26-25(29-16-15-18-10-4-2-5-11-18)27(24(22)28)19-12-6-3-7-13-19/h2-7,10-13,17H,8-9,14-16H2,1H3/t17-/m0/s1. The van der Waals surface area contributed by atoms with Gasteiger partial charge in [-0.25, -0.2) is 4.98 Å². The normalized spacial score (nSPS) is 16.0. The SMILES string of the molecule is C[C@H]1CCCc2sc3nc(SCCc4ccccc4)n(-c4ccccc4)c(=O)c3c21. The van der Waals surface area contributed by atoms with Crippen LogP contribution in [0.2, 0.25) is 0 Å². The summed E-state index contributed by atoms with van der Waals surface area (Å²) in [5.74, 6) is 1.31. The fourth-order valence-electron chi connectivity index (χ4n) is 4.32. The second-order valence-corrected chi connectivity index (χ2v) is 10.0. The van der Waals surface area contributed by atoms with Crippen molar-refractivity contribution in [2.75, 3.05) is 5.75 Å². The highest BCUT2D eigenvalue weighted by Crippen LogP contribution is 2.40. The van der Waals surface area contributed by atoms with Crippen molar-refractivity contribution in [1.29, 1.82) is 0 Å². The summed E-state index contributed by atoms with van der Waals surface area (Å²) < 4.78 is 1.83. The summed E-state index contributed by atoms with van der Waals surface area (Å²) >= 11 is 3.40. The molecule has 1 atom stereocenters. The lowest BCUT2D eigenvalue weighted by Gasteiger charge is -2.19. The van der Waals surface area contributed by atoms with Crippen molar-refractivity contribution in [1.82, 2.24) is 9.55 Å². The van der Waals surface area contributed by atoms with E-state index in [0.29, 0.717) is 5.92 Å². The molecule has 5 heteroatoms. The van der Waals surface area contributed by atoms with Crippen LogP contribution in [0.3, 0.4) is 0 Å². The molecule has 0 N–H and O–H groups in total. The molecule has 152 valence electrons. The Labute approximate surface area is 184 Å². The smallest absolute Gasteiger partial charge is 0.267 e. The molecule has 4 aromatic rings. The third kappa shape index (κ3) is 3.61. The Bertz CT molecular complexity index is 1230. The molecule has 0 spiro atoms. The van der Waals surface area contributed by atoms with Crippen molar-refractivity contribution < 1.29 is 0 Å². The van der Waals surface area contributed by atoms with Gasteiger partial charge in [0.2, 0.25) is 0 Å². The van der Waals surface area contributed by atoms with Gasteiger partial charge in [-0.05, 0) is 54.9 Å². The maximum Gasteiger partial charge on any atom is 0.267 e. The van der Waals surface area contributed by atoms with E-state index in [4.69, 9.17) is 4.98 Å². The van der Waals surface area contributed by atoms with E-state index in [0.717, 1.165) is 46.1 Å². The number of hydrogen-bond donors (Lipinski definition) is 0. The zero-order chi connectivity index (χ0) is 20.5. The number of aromatic nitrogens is 2. The quantitative estimate of drug-likeness (QED) is 0.277.